The summed E-state index contributed by atoms with van der Waals surface area (Å²) in [5.74, 6) is -0.176. The summed E-state index contributed by atoms with van der Waals surface area (Å²) < 4.78 is 34.6. The SMILES string of the molecule is O=C(c1nc[nH]n1)N(Cc1cccc(OC(F)F)c1)C1CCOCC1. The van der Waals surface area contributed by atoms with Crippen molar-refractivity contribution >= 4 is 5.91 Å². The second kappa shape index (κ2) is 8.02. The van der Waals surface area contributed by atoms with Gasteiger partial charge in [0.1, 0.15) is 12.1 Å². The molecule has 3 rings (SSSR count). The van der Waals surface area contributed by atoms with Crippen molar-refractivity contribution in [3.8, 4) is 5.75 Å². The van der Waals surface area contributed by atoms with Crippen LogP contribution in [-0.2, 0) is 11.3 Å². The Balaban J connectivity index is 1.80. The molecule has 25 heavy (non-hydrogen) atoms. The first kappa shape index (κ1) is 17.3. The minimum atomic E-state index is -2.89. The number of aromatic amines is 1. The lowest BCUT2D eigenvalue weighted by atomic mass is 10.1. The quantitative estimate of drug-likeness (QED) is 0.862. The van der Waals surface area contributed by atoms with Gasteiger partial charge in [-0.05, 0) is 30.5 Å². The van der Waals surface area contributed by atoms with Gasteiger partial charge in [-0.15, -0.1) is 5.10 Å². The highest BCUT2D eigenvalue weighted by atomic mass is 19.3. The van der Waals surface area contributed by atoms with Gasteiger partial charge in [-0.3, -0.25) is 9.89 Å². The number of nitrogens with one attached hydrogen (secondary N) is 1. The molecule has 1 aromatic carbocycles. The van der Waals surface area contributed by atoms with Crippen LogP contribution in [0.1, 0.15) is 29.0 Å². The summed E-state index contributed by atoms with van der Waals surface area (Å²) in [5, 5.41) is 6.37. The number of ether oxygens (including phenoxy) is 2. The number of benzene rings is 1. The molecule has 0 unspecified atom stereocenters. The topological polar surface area (TPSA) is 80.3 Å². The van der Waals surface area contributed by atoms with Crippen molar-refractivity contribution in [3.63, 3.8) is 0 Å². The van der Waals surface area contributed by atoms with E-state index in [1.165, 1.54) is 18.5 Å². The molecule has 1 aliphatic heterocycles. The number of amides is 1. The van der Waals surface area contributed by atoms with E-state index in [4.69, 9.17) is 4.74 Å². The van der Waals surface area contributed by atoms with Crippen LogP contribution in [0.5, 0.6) is 5.75 Å². The van der Waals surface area contributed by atoms with Gasteiger partial charge >= 0.3 is 6.61 Å². The van der Waals surface area contributed by atoms with E-state index in [9.17, 15) is 13.6 Å². The molecule has 1 fully saturated rings. The van der Waals surface area contributed by atoms with Crippen molar-refractivity contribution in [2.75, 3.05) is 13.2 Å². The molecule has 1 aliphatic rings. The standard InChI is InChI=1S/C16H18F2N4O3/c17-16(18)25-13-3-1-2-11(8-13)9-22(12-4-6-24-7-5-12)15(23)14-19-10-20-21-14/h1-3,8,10,12,16H,4-7,9H2,(H,19,20,21). The Kier molecular flexibility index (Phi) is 5.54. The van der Waals surface area contributed by atoms with E-state index in [-0.39, 0.29) is 30.1 Å². The van der Waals surface area contributed by atoms with Crippen LogP contribution < -0.4 is 4.74 Å². The van der Waals surface area contributed by atoms with Gasteiger partial charge in [-0.2, -0.15) is 8.78 Å². The van der Waals surface area contributed by atoms with Crippen molar-refractivity contribution in [1.29, 1.82) is 0 Å². The zero-order valence-corrected chi connectivity index (χ0v) is 13.4. The molecule has 134 valence electrons. The lowest BCUT2D eigenvalue weighted by molar-refractivity contribution is -0.0499. The fourth-order valence-electron chi connectivity index (χ4n) is 2.82. The van der Waals surface area contributed by atoms with E-state index >= 15 is 0 Å². The number of aromatic nitrogens is 3. The molecule has 9 heteroatoms. The number of H-pyrrole nitrogens is 1. The lowest BCUT2D eigenvalue weighted by Crippen LogP contribution is -2.43. The highest BCUT2D eigenvalue weighted by Crippen LogP contribution is 2.22. The van der Waals surface area contributed by atoms with E-state index in [0.717, 1.165) is 0 Å². The second-order valence-electron chi connectivity index (χ2n) is 5.63. The van der Waals surface area contributed by atoms with Gasteiger partial charge < -0.3 is 14.4 Å². The first-order valence-corrected chi connectivity index (χ1v) is 7.91. The monoisotopic (exact) mass is 352 g/mol. The molecule has 0 atom stereocenters. The van der Waals surface area contributed by atoms with Crippen molar-refractivity contribution in [3.05, 3.63) is 42.0 Å². The van der Waals surface area contributed by atoms with Gasteiger partial charge in [-0.25, -0.2) is 4.98 Å². The fraction of sp³-hybridized carbons (Fsp3) is 0.438. The Morgan fingerprint density at radius 3 is 2.88 bits per heavy atom. The average Bonchev–Trinajstić information content (AvgIpc) is 3.14. The molecular formula is C16H18F2N4O3. The van der Waals surface area contributed by atoms with Crippen molar-refractivity contribution < 1.29 is 23.0 Å². The molecule has 2 aromatic rings. The van der Waals surface area contributed by atoms with E-state index in [2.05, 4.69) is 19.9 Å². The fourth-order valence-corrected chi connectivity index (χ4v) is 2.82. The maximum atomic E-state index is 12.8. The van der Waals surface area contributed by atoms with E-state index in [1.807, 2.05) is 0 Å². The Labute approximate surface area is 142 Å². The number of carbonyl (C=O) groups is 1. The highest BCUT2D eigenvalue weighted by molar-refractivity contribution is 5.90. The van der Waals surface area contributed by atoms with Gasteiger partial charge in [-0.1, -0.05) is 12.1 Å². The summed E-state index contributed by atoms with van der Waals surface area (Å²) in [5.41, 5.74) is 0.688. The van der Waals surface area contributed by atoms with Crippen LogP contribution in [0.2, 0.25) is 0 Å². The average molecular weight is 352 g/mol. The summed E-state index contributed by atoms with van der Waals surface area (Å²) in [6.45, 7) is -1.51. The molecule has 1 aromatic heterocycles. The zero-order valence-electron chi connectivity index (χ0n) is 13.4. The molecule has 1 N–H and O–H groups in total. The largest absolute Gasteiger partial charge is 0.435 e. The summed E-state index contributed by atoms with van der Waals surface area (Å²) in [4.78, 5) is 18.3. The molecule has 1 saturated heterocycles. The maximum absolute atomic E-state index is 12.8. The van der Waals surface area contributed by atoms with Crippen LogP contribution in [0.4, 0.5) is 8.78 Å². The summed E-state index contributed by atoms with van der Waals surface area (Å²) in [7, 11) is 0. The molecule has 0 aliphatic carbocycles. The maximum Gasteiger partial charge on any atom is 0.387 e. The third-order valence-corrected chi connectivity index (χ3v) is 3.98. The Hall–Kier alpha value is -2.55. The van der Waals surface area contributed by atoms with Crippen LogP contribution >= 0.6 is 0 Å². The van der Waals surface area contributed by atoms with E-state index in [0.29, 0.717) is 31.6 Å². The van der Waals surface area contributed by atoms with Gasteiger partial charge in [0, 0.05) is 25.8 Å². The number of alkyl halides is 2. The number of halogens is 2. The van der Waals surface area contributed by atoms with E-state index in [1.54, 1.807) is 17.0 Å². The second-order valence-corrected chi connectivity index (χ2v) is 5.63. The molecule has 2 heterocycles. The molecule has 0 spiro atoms. The predicted octanol–water partition coefficient (Wildman–Crippen LogP) is 2.23. The first-order chi connectivity index (χ1) is 12.1. The molecule has 1 amide bonds. The summed E-state index contributed by atoms with van der Waals surface area (Å²) in [6.07, 6.45) is 2.74. The number of nitrogens with zero attached hydrogens (tertiary/aromatic N) is 3. The molecule has 7 nitrogen and oxygen atoms in total. The van der Waals surface area contributed by atoms with Crippen molar-refractivity contribution in [2.45, 2.75) is 32.0 Å². The summed E-state index contributed by atoms with van der Waals surface area (Å²) in [6, 6.07) is 6.30. The number of hydrogen-bond acceptors (Lipinski definition) is 5. The van der Waals surface area contributed by atoms with Crippen LogP contribution in [-0.4, -0.2) is 51.9 Å². The zero-order chi connectivity index (χ0) is 17.6. The van der Waals surface area contributed by atoms with Crippen LogP contribution in [0.25, 0.3) is 0 Å². The van der Waals surface area contributed by atoms with E-state index < -0.39 is 6.61 Å². The number of rotatable bonds is 6. The van der Waals surface area contributed by atoms with Crippen LogP contribution in [0, 0.1) is 0 Å². The van der Waals surface area contributed by atoms with Crippen molar-refractivity contribution in [2.24, 2.45) is 0 Å². The minimum Gasteiger partial charge on any atom is -0.435 e. The third kappa shape index (κ3) is 4.50. The highest BCUT2D eigenvalue weighted by Gasteiger charge is 2.28. The predicted molar refractivity (Wildman–Crippen MR) is 83.2 cm³/mol. The Morgan fingerprint density at radius 1 is 1.40 bits per heavy atom. The molecule has 0 bridgehead atoms. The molecule has 0 radical (unpaired) electrons. The lowest BCUT2D eigenvalue weighted by Gasteiger charge is -2.33. The summed E-state index contributed by atoms with van der Waals surface area (Å²) >= 11 is 0. The van der Waals surface area contributed by atoms with Gasteiger partial charge in [0.2, 0.25) is 5.82 Å². The Bertz CT molecular complexity index is 690. The van der Waals surface area contributed by atoms with Crippen LogP contribution in [0.3, 0.4) is 0 Å². The smallest absolute Gasteiger partial charge is 0.387 e. The third-order valence-electron chi connectivity index (χ3n) is 3.98. The van der Waals surface area contributed by atoms with Gasteiger partial charge in [0.15, 0.2) is 0 Å². The Morgan fingerprint density at radius 2 is 2.20 bits per heavy atom. The molecule has 0 saturated carbocycles. The van der Waals surface area contributed by atoms with Gasteiger partial charge in [0.05, 0.1) is 0 Å². The number of hydrogen-bond donors (Lipinski definition) is 1. The molecular weight excluding hydrogens is 334 g/mol. The normalized spacial score (nSPS) is 15.3. The minimum absolute atomic E-state index is 0.0283. The first-order valence-electron chi connectivity index (χ1n) is 7.91. The number of carbonyl (C=O) groups excluding carboxylic acids is 1. The van der Waals surface area contributed by atoms with Crippen LogP contribution in [0.15, 0.2) is 30.6 Å². The van der Waals surface area contributed by atoms with Crippen molar-refractivity contribution in [1.82, 2.24) is 20.1 Å². The van der Waals surface area contributed by atoms with Gasteiger partial charge in [0.25, 0.3) is 5.91 Å².